The van der Waals surface area contributed by atoms with Crippen molar-refractivity contribution in [2.24, 2.45) is 0 Å². The molecule has 0 aliphatic heterocycles. The lowest BCUT2D eigenvalue weighted by atomic mass is 10.3. The summed E-state index contributed by atoms with van der Waals surface area (Å²) in [6.45, 7) is 0. The van der Waals surface area contributed by atoms with E-state index in [0.29, 0.717) is 15.8 Å². The zero-order valence-electron chi connectivity index (χ0n) is 9.58. The molecule has 0 spiro atoms. The highest BCUT2D eigenvalue weighted by atomic mass is 79.9. The Balaban J connectivity index is 2.03. The molecule has 0 fully saturated rings. The molecule has 0 aliphatic rings. The lowest BCUT2D eigenvalue weighted by molar-refractivity contribution is 0.262. The van der Waals surface area contributed by atoms with Crippen LogP contribution in [0.2, 0.25) is 0 Å². The van der Waals surface area contributed by atoms with Gasteiger partial charge in [0.05, 0.1) is 5.69 Å². The van der Waals surface area contributed by atoms with Crippen LogP contribution >= 0.6 is 15.9 Å². The smallest absolute Gasteiger partial charge is 0.308 e. The molecule has 0 unspecified atom stereocenters. The largest absolute Gasteiger partial charge is 0.323 e. The van der Waals surface area contributed by atoms with Crippen LogP contribution in [0.15, 0.2) is 46.9 Å². The molecule has 2 N–H and O–H groups in total. The van der Waals surface area contributed by atoms with Crippen LogP contribution in [0.25, 0.3) is 0 Å². The Morgan fingerprint density at radius 1 is 0.947 bits per heavy atom. The van der Waals surface area contributed by atoms with Crippen molar-refractivity contribution in [2.45, 2.75) is 0 Å². The fourth-order valence-electron chi connectivity index (χ4n) is 1.41. The Morgan fingerprint density at radius 2 is 1.58 bits per heavy atom. The second-order valence-electron chi connectivity index (χ2n) is 3.71. The molecule has 2 aromatic rings. The van der Waals surface area contributed by atoms with E-state index >= 15 is 0 Å². The molecule has 19 heavy (non-hydrogen) atoms. The van der Waals surface area contributed by atoms with Crippen molar-refractivity contribution >= 4 is 33.3 Å². The summed E-state index contributed by atoms with van der Waals surface area (Å²) in [5.74, 6) is -0.788. The topological polar surface area (TPSA) is 41.1 Å². The molecule has 0 heterocycles. The number of hydrogen-bond donors (Lipinski definition) is 2. The van der Waals surface area contributed by atoms with Gasteiger partial charge < -0.3 is 10.6 Å². The normalized spacial score (nSPS) is 10.1. The Labute approximate surface area is 116 Å². The first-order valence-corrected chi connectivity index (χ1v) is 6.12. The quantitative estimate of drug-likeness (QED) is 0.845. The molecule has 3 nitrogen and oxygen atoms in total. The molecular formula is C13H9BrF2N2O. The maximum atomic E-state index is 12.9. The van der Waals surface area contributed by atoms with Gasteiger partial charge in [-0.05, 0) is 58.4 Å². The van der Waals surface area contributed by atoms with Gasteiger partial charge in [0.1, 0.15) is 11.6 Å². The second kappa shape index (κ2) is 5.79. The van der Waals surface area contributed by atoms with E-state index < -0.39 is 11.8 Å². The predicted molar refractivity (Wildman–Crippen MR) is 73.1 cm³/mol. The van der Waals surface area contributed by atoms with E-state index in [1.165, 1.54) is 42.5 Å². The Hall–Kier alpha value is -1.95. The molecule has 0 saturated carbocycles. The number of halogens is 3. The summed E-state index contributed by atoms with van der Waals surface area (Å²) in [7, 11) is 0. The Kier molecular flexibility index (Phi) is 4.11. The van der Waals surface area contributed by atoms with Crippen molar-refractivity contribution in [3.05, 3.63) is 58.6 Å². The van der Waals surface area contributed by atoms with Crippen LogP contribution in [0.4, 0.5) is 25.0 Å². The molecule has 2 aromatic carbocycles. The van der Waals surface area contributed by atoms with Gasteiger partial charge in [-0.3, -0.25) is 0 Å². The highest BCUT2D eigenvalue weighted by Gasteiger charge is 2.06. The van der Waals surface area contributed by atoms with Crippen molar-refractivity contribution in [1.82, 2.24) is 0 Å². The summed E-state index contributed by atoms with van der Waals surface area (Å²) in [6.07, 6.45) is 0. The summed E-state index contributed by atoms with van der Waals surface area (Å²) in [5.41, 5.74) is 0.887. The van der Waals surface area contributed by atoms with E-state index in [9.17, 15) is 13.6 Å². The fourth-order valence-corrected chi connectivity index (χ4v) is 1.86. The summed E-state index contributed by atoms with van der Waals surface area (Å²) < 4.78 is 26.0. The van der Waals surface area contributed by atoms with Gasteiger partial charge in [0.15, 0.2) is 0 Å². The van der Waals surface area contributed by atoms with E-state index in [4.69, 9.17) is 0 Å². The molecule has 2 amide bonds. The number of carbonyl (C=O) groups excluding carboxylic acids is 1. The zero-order valence-corrected chi connectivity index (χ0v) is 11.2. The van der Waals surface area contributed by atoms with E-state index in [0.717, 1.165) is 0 Å². The van der Waals surface area contributed by atoms with Gasteiger partial charge in [-0.25, -0.2) is 13.6 Å². The van der Waals surface area contributed by atoms with Crippen LogP contribution in [-0.2, 0) is 0 Å². The van der Waals surface area contributed by atoms with Gasteiger partial charge in [0.2, 0.25) is 0 Å². The summed E-state index contributed by atoms with van der Waals surface area (Å²) in [5, 5.41) is 5.07. The first-order valence-electron chi connectivity index (χ1n) is 5.33. The average Bonchev–Trinajstić information content (AvgIpc) is 2.36. The number of rotatable bonds is 2. The monoisotopic (exact) mass is 326 g/mol. The predicted octanol–water partition coefficient (Wildman–Crippen LogP) is 4.37. The second-order valence-corrected chi connectivity index (χ2v) is 4.56. The van der Waals surface area contributed by atoms with Crippen molar-refractivity contribution in [3.63, 3.8) is 0 Å². The van der Waals surface area contributed by atoms with Crippen LogP contribution in [0, 0.1) is 11.6 Å². The van der Waals surface area contributed by atoms with Crippen molar-refractivity contribution in [3.8, 4) is 0 Å². The van der Waals surface area contributed by atoms with Gasteiger partial charge in [0.25, 0.3) is 0 Å². The molecule has 0 bridgehead atoms. The SMILES string of the molecule is O=C(Nc1ccc(F)cc1)Nc1ccc(F)cc1Br. The molecule has 6 heteroatoms. The number of amides is 2. The first kappa shape index (κ1) is 13.5. The van der Waals surface area contributed by atoms with Gasteiger partial charge in [-0.2, -0.15) is 0 Å². The van der Waals surface area contributed by atoms with Crippen molar-refractivity contribution < 1.29 is 13.6 Å². The Morgan fingerprint density at radius 3 is 2.21 bits per heavy atom. The van der Waals surface area contributed by atoms with Crippen molar-refractivity contribution in [1.29, 1.82) is 0 Å². The highest BCUT2D eigenvalue weighted by molar-refractivity contribution is 9.10. The number of benzene rings is 2. The molecule has 2 rings (SSSR count). The van der Waals surface area contributed by atoms with Crippen LogP contribution in [0.5, 0.6) is 0 Å². The maximum absolute atomic E-state index is 12.9. The third-order valence-electron chi connectivity index (χ3n) is 2.28. The lowest BCUT2D eigenvalue weighted by Crippen LogP contribution is -2.19. The third-order valence-corrected chi connectivity index (χ3v) is 2.94. The van der Waals surface area contributed by atoms with Crippen LogP contribution in [-0.4, -0.2) is 6.03 Å². The Bertz CT molecular complexity index is 602. The minimum Gasteiger partial charge on any atom is -0.308 e. The number of urea groups is 1. The van der Waals surface area contributed by atoms with Crippen LogP contribution in [0.1, 0.15) is 0 Å². The minimum absolute atomic E-state index is 0.382. The zero-order chi connectivity index (χ0) is 13.8. The standard InChI is InChI=1S/C13H9BrF2N2O/c14-11-7-9(16)3-6-12(11)18-13(19)17-10-4-1-8(15)2-5-10/h1-7H,(H2,17,18,19). The number of hydrogen-bond acceptors (Lipinski definition) is 1. The van der Waals surface area contributed by atoms with Gasteiger partial charge in [-0.1, -0.05) is 0 Å². The van der Waals surface area contributed by atoms with Gasteiger partial charge in [0, 0.05) is 10.2 Å². The lowest BCUT2D eigenvalue weighted by Gasteiger charge is -2.09. The average molecular weight is 327 g/mol. The summed E-state index contributed by atoms with van der Waals surface area (Å²) in [4.78, 5) is 11.7. The molecule has 0 atom stereocenters. The number of carbonyl (C=O) groups is 1. The molecule has 0 aliphatic carbocycles. The van der Waals surface area contributed by atoms with Crippen LogP contribution < -0.4 is 10.6 Å². The molecular weight excluding hydrogens is 318 g/mol. The molecule has 0 saturated heterocycles. The van der Waals surface area contributed by atoms with Gasteiger partial charge >= 0.3 is 6.03 Å². The minimum atomic E-state index is -0.501. The van der Waals surface area contributed by atoms with E-state index in [-0.39, 0.29) is 5.82 Å². The van der Waals surface area contributed by atoms with Gasteiger partial charge in [-0.15, -0.1) is 0 Å². The molecule has 0 aromatic heterocycles. The summed E-state index contributed by atoms with van der Waals surface area (Å²) in [6, 6.07) is 8.77. The summed E-state index contributed by atoms with van der Waals surface area (Å²) >= 11 is 3.14. The highest BCUT2D eigenvalue weighted by Crippen LogP contribution is 2.23. The molecule has 98 valence electrons. The van der Waals surface area contributed by atoms with E-state index in [1.807, 2.05) is 0 Å². The van der Waals surface area contributed by atoms with Crippen LogP contribution in [0.3, 0.4) is 0 Å². The van der Waals surface area contributed by atoms with Crippen molar-refractivity contribution in [2.75, 3.05) is 10.6 Å². The van der Waals surface area contributed by atoms with E-state index in [2.05, 4.69) is 26.6 Å². The molecule has 0 radical (unpaired) electrons. The van der Waals surface area contributed by atoms with E-state index in [1.54, 1.807) is 0 Å². The third kappa shape index (κ3) is 3.75. The first-order chi connectivity index (χ1) is 9.04. The number of anilines is 2. The number of nitrogens with one attached hydrogen (secondary N) is 2. The fraction of sp³-hybridized carbons (Fsp3) is 0. The maximum Gasteiger partial charge on any atom is 0.323 e.